The molecule has 0 saturated heterocycles. The Morgan fingerprint density at radius 1 is 1.11 bits per heavy atom. The molecule has 0 aliphatic heterocycles. The van der Waals surface area contributed by atoms with Crippen molar-refractivity contribution in [1.29, 1.82) is 0 Å². The quantitative estimate of drug-likeness (QED) is 0.413. The van der Waals surface area contributed by atoms with Crippen molar-refractivity contribution < 1.29 is 127 Å². The van der Waals surface area contributed by atoms with E-state index in [-0.39, 0.29) is 103 Å². The first-order valence-electron chi connectivity index (χ1n) is 1.46. The van der Waals surface area contributed by atoms with E-state index in [1.165, 1.54) is 0 Å². The largest absolute Gasteiger partial charge is 1.00 e. The van der Waals surface area contributed by atoms with Crippen LogP contribution in [0.25, 0.3) is 0 Å². The van der Waals surface area contributed by atoms with E-state index in [2.05, 4.69) is 4.57 Å². The molecule has 0 atom stereocenters. The van der Waals surface area contributed by atoms with Gasteiger partial charge in [0, 0.05) is 7.32 Å². The van der Waals surface area contributed by atoms with Gasteiger partial charge in [-0.05, 0) is 0 Å². The van der Waals surface area contributed by atoms with Gasteiger partial charge in [0.05, 0.1) is 0 Å². The van der Waals surface area contributed by atoms with Crippen molar-refractivity contribution >= 4 is 14.6 Å². The maximum atomic E-state index is 9.24. The van der Waals surface area contributed by atoms with Crippen LogP contribution in [-0.2, 0) is 4.57 Å². The van der Waals surface area contributed by atoms with Crippen molar-refractivity contribution in [2.24, 2.45) is 0 Å². The summed E-state index contributed by atoms with van der Waals surface area (Å²) >= 11 is 0. The second-order valence-electron chi connectivity index (χ2n) is 0.751. The molecule has 0 fully saturated rings. The Hall–Kier alpha value is 3.20. The zero-order chi connectivity index (χ0) is 5.86. The summed E-state index contributed by atoms with van der Waals surface area (Å²) in [6.07, 6.45) is 0. The molecule has 0 aliphatic rings. The molecule has 0 aromatic carbocycles. The standard InChI is InChI=1S/B2H2O5.2K/c3-1(4)7-2(5)6;;/h3-4H;;/q-2;2*+1. The summed E-state index contributed by atoms with van der Waals surface area (Å²) in [5.41, 5.74) is 0. The predicted octanol–water partition coefficient (Wildman–Crippen LogP) is -10.3. The average molecular weight is 182 g/mol. The topological polar surface area (TPSA) is 95.8 Å². The predicted molar refractivity (Wildman–Crippen MR) is 17.0 cm³/mol. The van der Waals surface area contributed by atoms with Crippen LogP contribution in [0.4, 0.5) is 0 Å². The molecule has 5 nitrogen and oxygen atoms in total. The molecular weight excluding hydrogens is 180 g/mol. The van der Waals surface area contributed by atoms with Gasteiger partial charge in [-0.1, -0.05) is 0 Å². The summed E-state index contributed by atoms with van der Waals surface area (Å²) in [6, 6.07) is 0. The first-order valence-corrected chi connectivity index (χ1v) is 1.46. The molecule has 0 heterocycles. The Balaban J connectivity index is -0.000000180. The van der Waals surface area contributed by atoms with Crippen LogP contribution < -0.4 is 113 Å². The molecular formula is H2B2K2O5. The zero-order valence-electron chi connectivity index (χ0n) is 5.27. The fourth-order valence-corrected chi connectivity index (χ4v) is 0.0994. The number of hydrogen-bond donors (Lipinski definition) is 2. The van der Waals surface area contributed by atoms with Crippen LogP contribution in [0.15, 0.2) is 0 Å². The van der Waals surface area contributed by atoms with Gasteiger partial charge < -0.3 is 24.7 Å². The molecule has 2 N–H and O–H groups in total. The first-order chi connectivity index (χ1) is 3.13. The summed E-state index contributed by atoms with van der Waals surface area (Å²) in [6.45, 7) is 0. The maximum absolute atomic E-state index is 9.24. The van der Waals surface area contributed by atoms with E-state index in [0.29, 0.717) is 0 Å². The van der Waals surface area contributed by atoms with Gasteiger partial charge in [0.2, 0.25) is 0 Å². The number of hydrogen-bond acceptors (Lipinski definition) is 5. The molecule has 9 heteroatoms. The normalized spacial score (nSPS) is 6.67. The summed E-state index contributed by atoms with van der Waals surface area (Å²) in [4.78, 5) is 0. The first kappa shape index (κ1) is 18.1. The Morgan fingerprint density at radius 2 is 1.44 bits per heavy atom. The second-order valence-corrected chi connectivity index (χ2v) is 0.751. The van der Waals surface area contributed by atoms with E-state index >= 15 is 0 Å². The second kappa shape index (κ2) is 11.2. The Bertz CT molecular complexity index is 42.2. The van der Waals surface area contributed by atoms with E-state index in [9.17, 15) is 10.0 Å². The van der Waals surface area contributed by atoms with Crippen molar-refractivity contribution in [3.63, 3.8) is 0 Å². The summed E-state index contributed by atoms with van der Waals surface area (Å²) in [7, 11) is -4.88. The molecule has 0 spiro atoms. The fraction of sp³-hybridized carbons (Fsp3) is 0. The molecule has 0 aromatic rings. The van der Waals surface area contributed by atoms with Crippen LogP contribution >= 0.6 is 0 Å². The minimum absolute atomic E-state index is 0. The van der Waals surface area contributed by atoms with Crippen molar-refractivity contribution in [1.82, 2.24) is 0 Å². The molecule has 9 heavy (non-hydrogen) atoms. The molecule has 0 amide bonds. The number of rotatable bonds is 2. The summed E-state index contributed by atoms with van der Waals surface area (Å²) in [5.74, 6) is 0. The average Bonchev–Trinajstić information content (AvgIpc) is 1.27. The molecule has 0 radical (unpaired) electrons. The van der Waals surface area contributed by atoms with Gasteiger partial charge in [-0.15, -0.1) is 0 Å². The third-order valence-electron chi connectivity index (χ3n) is 0.233. The summed E-state index contributed by atoms with van der Waals surface area (Å²) in [5, 5.41) is 33.8. The third kappa shape index (κ3) is 18.3. The summed E-state index contributed by atoms with van der Waals surface area (Å²) < 4.78 is 3.25. The Morgan fingerprint density at radius 3 is 1.44 bits per heavy atom. The van der Waals surface area contributed by atoms with Crippen LogP contribution in [0.2, 0.25) is 0 Å². The molecule has 0 aromatic heterocycles. The van der Waals surface area contributed by atoms with Crippen molar-refractivity contribution in [3.05, 3.63) is 0 Å². The molecule has 40 valence electrons. The Kier molecular flexibility index (Phi) is 22.5. The van der Waals surface area contributed by atoms with Gasteiger partial charge in [-0.2, -0.15) is 0 Å². The van der Waals surface area contributed by atoms with E-state index in [4.69, 9.17) is 10.0 Å². The smallest absolute Gasteiger partial charge is 0.872 e. The van der Waals surface area contributed by atoms with E-state index in [1.807, 2.05) is 0 Å². The van der Waals surface area contributed by atoms with Gasteiger partial charge in [-0.25, -0.2) is 0 Å². The molecule has 0 rings (SSSR count). The van der Waals surface area contributed by atoms with Gasteiger partial charge >= 0.3 is 110 Å². The van der Waals surface area contributed by atoms with Crippen LogP contribution in [0.3, 0.4) is 0 Å². The third-order valence-corrected chi connectivity index (χ3v) is 0.233. The van der Waals surface area contributed by atoms with Crippen LogP contribution in [0.5, 0.6) is 0 Å². The van der Waals surface area contributed by atoms with E-state index in [1.54, 1.807) is 0 Å². The molecule has 0 aliphatic carbocycles. The van der Waals surface area contributed by atoms with E-state index in [0.717, 1.165) is 0 Å². The van der Waals surface area contributed by atoms with E-state index < -0.39 is 14.6 Å². The van der Waals surface area contributed by atoms with Gasteiger partial charge in [-0.3, -0.25) is 0 Å². The fourth-order valence-electron chi connectivity index (χ4n) is 0.0994. The van der Waals surface area contributed by atoms with Gasteiger partial charge in [0.15, 0.2) is 0 Å². The zero-order valence-corrected chi connectivity index (χ0v) is 11.5. The minimum Gasteiger partial charge on any atom is -0.872 e. The van der Waals surface area contributed by atoms with Crippen LogP contribution in [0, 0.1) is 0 Å². The van der Waals surface area contributed by atoms with Crippen molar-refractivity contribution in [3.8, 4) is 0 Å². The Labute approximate surface area is 138 Å². The molecule has 0 saturated carbocycles. The molecule has 0 bridgehead atoms. The molecule has 0 unspecified atom stereocenters. The van der Waals surface area contributed by atoms with Crippen molar-refractivity contribution in [2.45, 2.75) is 0 Å². The minimum atomic E-state index is -2.62. The van der Waals surface area contributed by atoms with Crippen LogP contribution in [-0.4, -0.2) is 24.7 Å². The monoisotopic (exact) mass is 182 g/mol. The SMILES string of the molecule is [K+].[K+].[O-]B([O-])OB(O)O. The van der Waals surface area contributed by atoms with Gasteiger partial charge in [0.25, 0.3) is 0 Å². The maximum Gasteiger partial charge on any atom is 1.00 e. The van der Waals surface area contributed by atoms with Crippen molar-refractivity contribution in [2.75, 3.05) is 0 Å². The van der Waals surface area contributed by atoms with Crippen LogP contribution in [0.1, 0.15) is 0 Å². The van der Waals surface area contributed by atoms with Gasteiger partial charge in [0.1, 0.15) is 0 Å².